The van der Waals surface area contributed by atoms with Crippen LogP contribution in [-0.4, -0.2) is 59.3 Å². The Balaban J connectivity index is 1.45. The van der Waals surface area contributed by atoms with Gasteiger partial charge in [0.25, 0.3) is 0 Å². The van der Waals surface area contributed by atoms with Crippen molar-refractivity contribution >= 4 is 5.91 Å². The highest BCUT2D eigenvalue weighted by Crippen LogP contribution is 2.35. The number of ether oxygens (including phenoxy) is 2. The molecule has 0 saturated carbocycles. The van der Waals surface area contributed by atoms with Gasteiger partial charge in [-0.2, -0.15) is 0 Å². The fourth-order valence-electron chi connectivity index (χ4n) is 4.55. The minimum Gasteiger partial charge on any atom is -0.454 e. The lowest BCUT2D eigenvalue weighted by Crippen LogP contribution is -2.48. The molecule has 6 nitrogen and oxygen atoms in total. The fourth-order valence-corrected chi connectivity index (χ4v) is 4.55. The average Bonchev–Trinajstić information content (AvgIpc) is 3.33. The summed E-state index contributed by atoms with van der Waals surface area (Å²) in [7, 11) is 0. The fraction of sp³-hybridized carbons (Fsp3) is 0.632. The van der Waals surface area contributed by atoms with Gasteiger partial charge in [-0.05, 0) is 49.9 Å². The van der Waals surface area contributed by atoms with Crippen molar-refractivity contribution in [1.29, 1.82) is 0 Å². The zero-order valence-corrected chi connectivity index (χ0v) is 14.7. The van der Waals surface area contributed by atoms with E-state index in [1.807, 2.05) is 23.1 Å². The predicted octanol–water partition coefficient (Wildman–Crippen LogP) is 1.92. The summed E-state index contributed by atoms with van der Waals surface area (Å²) in [6.45, 7) is 4.35. The largest absolute Gasteiger partial charge is 0.454 e. The Morgan fingerprint density at radius 1 is 1.20 bits per heavy atom. The van der Waals surface area contributed by atoms with Crippen molar-refractivity contribution in [2.45, 2.75) is 50.8 Å². The smallest absolute Gasteiger partial charge is 0.231 e. The van der Waals surface area contributed by atoms with Crippen LogP contribution in [0.25, 0.3) is 0 Å². The Bertz CT molecular complexity index is 650. The van der Waals surface area contributed by atoms with Crippen LogP contribution in [0.2, 0.25) is 0 Å². The summed E-state index contributed by atoms with van der Waals surface area (Å²) < 4.78 is 10.7. The molecule has 1 N–H and O–H groups in total. The van der Waals surface area contributed by atoms with E-state index in [0.29, 0.717) is 24.4 Å². The molecule has 4 rings (SSSR count). The number of rotatable bonds is 4. The molecule has 136 valence electrons. The van der Waals surface area contributed by atoms with Crippen LogP contribution in [0.5, 0.6) is 11.5 Å². The first-order valence-corrected chi connectivity index (χ1v) is 9.22. The molecular formula is C19H26N2O4. The second kappa shape index (κ2) is 6.84. The summed E-state index contributed by atoms with van der Waals surface area (Å²) in [5.41, 5.74) is 0.852. The third-order valence-electron chi connectivity index (χ3n) is 5.75. The van der Waals surface area contributed by atoms with Crippen molar-refractivity contribution in [3.05, 3.63) is 23.8 Å². The lowest BCUT2D eigenvalue weighted by atomic mass is 10.0. The van der Waals surface area contributed by atoms with Gasteiger partial charge in [0, 0.05) is 32.1 Å². The number of aliphatic hydroxyl groups is 1. The number of likely N-dealkylation sites (tertiary alicyclic amines) is 2. The van der Waals surface area contributed by atoms with Gasteiger partial charge in [-0.1, -0.05) is 6.07 Å². The molecule has 6 heteroatoms. The molecule has 3 heterocycles. The third-order valence-corrected chi connectivity index (χ3v) is 5.75. The molecular weight excluding hydrogens is 320 g/mol. The number of hydrogen-bond acceptors (Lipinski definition) is 5. The first-order chi connectivity index (χ1) is 12.1. The van der Waals surface area contributed by atoms with Gasteiger partial charge in [0.1, 0.15) is 0 Å². The molecule has 0 aromatic heterocycles. The van der Waals surface area contributed by atoms with Crippen molar-refractivity contribution in [3.8, 4) is 11.5 Å². The first-order valence-electron chi connectivity index (χ1n) is 9.22. The van der Waals surface area contributed by atoms with E-state index in [0.717, 1.165) is 50.1 Å². The number of nitrogens with zero attached hydrogens (tertiary/aromatic N) is 2. The van der Waals surface area contributed by atoms with Gasteiger partial charge in [0.15, 0.2) is 11.5 Å². The number of carbonyl (C=O) groups is 1. The lowest BCUT2D eigenvalue weighted by Gasteiger charge is -2.35. The van der Waals surface area contributed by atoms with Crippen molar-refractivity contribution in [2.24, 2.45) is 0 Å². The van der Waals surface area contributed by atoms with Gasteiger partial charge in [-0.25, -0.2) is 0 Å². The maximum Gasteiger partial charge on any atom is 0.231 e. The monoisotopic (exact) mass is 346 g/mol. The standard InChI is InChI=1S/C19H26N2O4/c1-13(22)21-9-3-5-16(21)15-4-2-8-20(15)11-17(23)14-6-7-18-19(10-14)25-12-24-18/h6-7,10,15-17,23H,2-5,8-9,11-12H2,1H3. The summed E-state index contributed by atoms with van der Waals surface area (Å²) in [5, 5.41) is 10.7. The molecule has 3 aliphatic rings. The minimum atomic E-state index is -0.567. The number of benzene rings is 1. The molecule has 0 spiro atoms. The van der Waals surface area contributed by atoms with Crippen LogP contribution in [0, 0.1) is 0 Å². The zero-order valence-electron chi connectivity index (χ0n) is 14.7. The van der Waals surface area contributed by atoms with Gasteiger partial charge in [0.2, 0.25) is 12.7 Å². The van der Waals surface area contributed by atoms with Gasteiger partial charge in [-0.3, -0.25) is 9.69 Å². The Kier molecular flexibility index (Phi) is 4.56. The highest BCUT2D eigenvalue weighted by atomic mass is 16.7. The molecule has 2 saturated heterocycles. The molecule has 3 atom stereocenters. The van der Waals surface area contributed by atoms with E-state index < -0.39 is 6.10 Å². The molecule has 2 fully saturated rings. The minimum absolute atomic E-state index is 0.172. The number of hydrogen-bond donors (Lipinski definition) is 1. The van der Waals surface area contributed by atoms with Crippen molar-refractivity contribution < 1.29 is 19.4 Å². The van der Waals surface area contributed by atoms with Gasteiger partial charge in [-0.15, -0.1) is 0 Å². The van der Waals surface area contributed by atoms with Crippen LogP contribution in [0.4, 0.5) is 0 Å². The predicted molar refractivity (Wildman–Crippen MR) is 92.5 cm³/mol. The summed E-state index contributed by atoms with van der Waals surface area (Å²) in [6, 6.07) is 6.28. The molecule has 1 aromatic carbocycles. The molecule has 25 heavy (non-hydrogen) atoms. The van der Waals surface area contributed by atoms with Gasteiger partial charge < -0.3 is 19.5 Å². The van der Waals surface area contributed by atoms with Crippen LogP contribution in [0.1, 0.15) is 44.3 Å². The average molecular weight is 346 g/mol. The molecule has 3 unspecified atom stereocenters. The zero-order chi connectivity index (χ0) is 17.4. The number of aliphatic hydroxyl groups excluding tert-OH is 1. The lowest BCUT2D eigenvalue weighted by molar-refractivity contribution is -0.130. The second-order valence-corrected chi connectivity index (χ2v) is 7.25. The SMILES string of the molecule is CC(=O)N1CCCC1C1CCCN1CC(O)c1ccc2c(c1)OCO2. The van der Waals surface area contributed by atoms with Crippen molar-refractivity contribution in [3.63, 3.8) is 0 Å². The van der Waals surface area contributed by atoms with Crippen LogP contribution in [-0.2, 0) is 4.79 Å². The van der Waals surface area contributed by atoms with Crippen molar-refractivity contribution in [2.75, 3.05) is 26.4 Å². The molecule has 3 aliphatic heterocycles. The highest BCUT2D eigenvalue weighted by molar-refractivity contribution is 5.74. The number of β-amino-alcohol motifs (C(OH)–C–C–N with tert-alkyl or cyclic N) is 1. The molecule has 0 bridgehead atoms. The first kappa shape index (κ1) is 16.7. The molecule has 1 amide bonds. The van der Waals surface area contributed by atoms with Gasteiger partial charge >= 0.3 is 0 Å². The topological polar surface area (TPSA) is 62.2 Å². The van der Waals surface area contributed by atoms with Crippen LogP contribution in [0.15, 0.2) is 18.2 Å². The van der Waals surface area contributed by atoms with E-state index in [4.69, 9.17) is 9.47 Å². The summed E-state index contributed by atoms with van der Waals surface area (Å²) in [6.07, 6.45) is 3.81. The Hall–Kier alpha value is -1.79. The Morgan fingerprint density at radius 2 is 1.96 bits per heavy atom. The van der Waals surface area contributed by atoms with Crippen LogP contribution >= 0.6 is 0 Å². The second-order valence-electron chi connectivity index (χ2n) is 7.25. The van der Waals surface area contributed by atoms with Gasteiger partial charge in [0.05, 0.1) is 6.10 Å². The van der Waals surface area contributed by atoms with Crippen molar-refractivity contribution in [1.82, 2.24) is 9.80 Å². The Morgan fingerprint density at radius 3 is 2.80 bits per heavy atom. The maximum atomic E-state index is 11.9. The summed E-state index contributed by atoms with van der Waals surface area (Å²) in [5.74, 6) is 1.61. The van der Waals surface area contributed by atoms with E-state index in [2.05, 4.69) is 4.90 Å². The number of fused-ring (bicyclic) bond motifs is 1. The Labute approximate surface area is 148 Å². The summed E-state index contributed by atoms with van der Waals surface area (Å²) >= 11 is 0. The van der Waals surface area contributed by atoms with Crippen LogP contribution < -0.4 is 9.47 Å². The normalized spacial score (nSPS) is 27.0. The van der Waals surface area contributed by atoms with E-state index in [9.17, 15) is 9.90 Å². The van der Waals surface area contributed by atoms with Crippen LogP contribution in [0.3, 0.4) is 0 Å². The number of carbonyl (C=O) groups excluding carboxylic acids is 1. The van der Waals surface area contributed by atoms with E-state index in [-0.39, 0.29) is 12.7 Å². The molecule has 1 aromatic rings. The summed E-state index contributed by atoms with van der Waals surface area (Å²) in [4.78, 5) is 16.3. The molecule has 0 aliphatic carbocycles. The third kappa shape index (κ3) is 3.20. The highest BCUT2D eigenvalue weighted by Gasteiger charge is 2.39. The quantitative estimate of drug-likeness (QED) is 0.903. The maximum absolute atomic E-state index is 11.9. The van der Waals surface area contributed by atoms with E-state index >= 15 is 0 Å². The molecule has 0 radical (unpaired) electrons. The van der Waals surface area contributed by atoms with E-state index in [1.165, 1.54) is 0 Å². The number of amides is 1. The van der Waals surface area contributed by atoms with E-state index in [1.54, 1.807) is 6.92 Å².